The molecule has 0 aliphatic carbocycles. The van der Waals surface area contributed by atoms with Gasteiger partial charge in [-0.3, -0.25) is 4.79 Å². The molecule has 1 aliphatic rings. The lowest BCUT2D eigenvalue weighted by Gasteiger charge is -2.51. The summed E-state index contributed by atoms with van der Waals surface area (Å²) in [6.45, 7) is 11.4. The number of aliphatic hydroxyl groups excluding tert-OH is 1. The molecule has 1 aliphatic heterocycles. The fourth-order valence-electron chi connectivity index (χ4n) is 4.51. The summed E-state index contributed by atoms with van der Waals surface area (Å²) in [6, 6.07) is 5.56. The summed E-state index contributed by atoms with van der Waals surface area (Å²) in [6.07, 6.45) is -2.20. The Hall–Kier alpha value is -3.09. The van der Waals surface area contributed by atoms with Gasteiger partial charge in [0.2, 0.25) is 12.7 Å². The molecule has 2 rings (SSSR count). The number of halogens is 1. The molecular weight excluding hydrogens is 558 g/mol. The van der Waals surface area contributed by atoms with Crippen LogP contribution in [0.15, 0.2) is 24.3 Å². The van der Waals surface area contributed by atoms with Gasteiger partial charge in [-0.05, 0) is 50.8 Å². The van der Waals surface area contributed by atoms with Crippen LogP contribution in [0.3, 0.4) is 0 Å². The predicted molar refractivity (Wildman–Crippen MR) is 150 cm³/mol. The highest BCUT2D eigenvalue weighted by molar-refractivity contribution is 6.30. The van der Waals surface area contributed by atoms with E-state index >= 15 is 0 Å². The van der Waals surface area contributed by atoms with E-state index in [0.29, 0.717) is 18.0 Å². The molecule has 1 aromatic rings. The van der Waals surface area contributed by atoms with E-state index < -0.39 is 53.7 Å². The predicted octanol–water partition coefficient (Wildman–Crippen LogP) is 2.92. The van der Waals surface area contributed by atoms with Gasteiger partial charge < -0.3 is 40.0 Å². The Labute approximate surface area is 245 Å². The first-order valence-electron chi connectivity index (χ1n) is 13.4. The lowest BCUT2D eigenvalue weighted by Crippen LogP contribution is -2.61. The molecule has 0 spiro atoms. The third kappa shape index (κ3) is 9.20. The molecule has 41 heavy (non-hydrogen) atoms. The number of hydrogen-bond donors (Lipinski definition) is 4. The van der Waals surface area contributed by atoms with Gasteiger partial charge >= 0.3 is 18.2 Å². The van der Waals surface area contributed by atoms with E-state index in [0.717, 1.165) is 5.56 Å². The Morgan fingerprint density at radius 3 is 2.24 bits per heavy atom. The van der Waals surface area contributed by atoms with Crippen LogP contribution >= 0.6 is 11.6 Å². The summed E-state index contributed by atoms with van der Waals surface area (Å²) in [4.78, 5) is 51.0. The Kier molecular flexibility index (Phi) is 11.4. The van der Waals surface area contributed by atoms with Crippen LogP contribution in [0, 0.1) is 11.3 Å². The van der Waals surface area contributed by atoms with Crippen LogP contribution in [0.4, 0.5) is 9.59 Å². The third-order valence-corrected chi connectivity index (χ3v) is 7.31. The van der Waals surface area contributed by atoms with Crippen molar-refractivity contribution in [2.45, 2.75) is 78.2 Å². The molecule has 0 radical (unpaired) electrons. The standard InChI is InChI=1S/C28H42ClN3O9/c1-17(2)21(31-24(36)30-14-27(6,7)41-25(37)40-16-39-23(35)18(3)33)22(34)32-13-12-28(38,26(4,5)15-32)19-8-10-20(29)11-9-19/h8-11,17-18,21,33,38H,12-16H2,1-7H3,(H2,30,31,36)/t18?,21?,28-/m0/s1. The number of esters is 1. The number of aliphatic hydroxyl groups is 2. The maximum Gasteiger partial charge on any atom is 0.511 e. The van der Waals surface area contributed by atoms with Crippen LogP contribution in [0.1, 0.15) is 60.5 Å². The zero-order chi connectivity index (χ0) is 31.2. The van der Waals surface area contributed by atoms with Crippen molar-refractivity contribution in [1.82, 2.24) is 15.5 Å². The first-order chi connectivity index (χ1) is 18.9. The van der Waals surface area contributed by atoms with Gasteiger partial charge in [0.1, 0.15) is 17.7 Å². The highest BCUT2D eigenvalue weighted by Gasteiger charge is 2.50. The van der Waals surface area contributed by atoms with E-state index in [1.807, 2.05) is 27.7 Å². The maximum absolute atomic E-state index is 13.5. The van der Waals surface area contributed by atoms with Crippen molar-refractivity contribution >= 4 is 35.7 Å². The van der Waals surface area contributed by atoms with Gasteiger partial charge in [0.05, 0.1) is 12.1 Å². The molecule has 1 aromatic carbocycles. The van der Waals surface area contributed by atoms with Gasteiger partial charge in [0.15, 0.2) is 0 Å². The van der Waals surface area contributed by atoms with Crippen LogP contribution < -0.4 is 10.6 Å². The van der Waals surface area contributed by atoms with E-state index in [1.165, 1.54) is 20.8 Å². The number of nitrogens with zero attached hydrogens (tertiary/aromatic N) is 1. The molecule has 0 aromatic heterocycles. The second-order valence-corrected chi connectivity index (χ2v) is 12.3. The van der Waals surface area contributed by atoms with Crippen LogP contribution in [0.25, 0.3) is 0 Å². The van der Waals surface area contributed by atoms with Crippen molar-refractivity contribution in [1.29, 1.82) is 0 Å². The van der Waals surface area contributed by atoms with Gasteiger partial charge in [-0.15, -0.1) is 0 Å². The average Bonchev–Trinajstić information content (AvgIpc) is 2.87. The smallest absolute Gasteiger partial charge is 0.426 e. The third-order valence-electron chi connectivity index (χ3n) is 7.06. The van der Waals surface area contributed by atoms with Crippen LogP contribution in [-0.4, -0.2) is 83.3 Å². The molecule has 1 saturated heterocycles. The van der Waals surface area contributed by atoms with Gasteiger partial charge in [-0.2, -0.15) is 0 Å². The minimum atomic E-state index is -1.37. The summed E-state index contributed by atoms with van der Waals surface area (Å²) in [5.74, 6) is -1.47. The average molecular weight is 600 g/mol. The molecule has 13 heteroatoms. The van der Waals surface area contributed by atoms with Crippen molar-refractivity contribution in [2.24, 2.45) is 11.3 Å². The Bertz CT molecular complexity index is 1090. The number of carbonyl (C=O) groups is 4. The van der Waals surface area contributed by atoms with Crippen LogP contribution in [-0.2, 0) is 29.4 Å². The van der Waals surface area contributed by atoms with E-state index in [9.17, 15) is 24.3 Å². The molecule has 4 N–H and O–H groups in total. The number of hydrogen-bond acceptors (Lipinski definition) is 9. The molecular formula is C28H42ClN3O9. The monoisotopic (exact) mass is 599 g/mol. The molecule has 3 atom stereocenters. The summed E-state index contributed by atoms with van der Waals surface area (Å²) in [5.41, 5.74) is -2.34. The molecule has 2 unspecified atom stereocenters. The van der Waals surface area contributed by atoms with Crippen molar-refractivity contribution < 1.29 is 43.6 Å². The number of urea groups is 1. The first kappa shape index (κ1) is 34.1. The molecule has 0 bridgehead atoms. The van der Waals surface area contributed by atoms with E-state index in [1.54, 1.807) is 29.2 Å². The molecule has 0 saturated carbocycles. The van der Waals surface area contributed by atoms with Crippen molar-refractivity contribution in [3.8, 4) is 0 Å². The lowest BCUT2D eigenvalue weighted by atomic mass is 9.66. The SMILES string of the molecule is CC(O)C(=O)OCOC(=O)OC(C)(C)CNC(=O)NC(C(=O)N1CC[C@](O)(c2ccc(Cl)cc2)C(C)(C)C1)C(C)C. The Balaban J connectivity index is 1.94. The quantitative estimate of drug-likeness (QED) is 0.234. The van der Waals surface area contributed by atoms with Crippen LogP contribution in [0.5, 0.6) is 0 Å². The zero-order valence-electron chi connectivity index (χ0n) is 24.7. The minimum absolute atomic E-state index is 0.120. The number of rotatable bonds is 10. The zero-order valence-corrected chi connectivity index (χ0v) is 25.4. The topological polar surface area (TPSA) is 164 Å². The minimum Gasteiger partial charge on any atom is -0.426 e. The largest absolute Gasteiger partial charge is 0.511 e. The van der Waals surface area contributed by atoms with Gasteiger partial charge in [-0.25, -0.2) is 14.4 Å². The van der Waals surface area contributed by atoms with Crippen LogP contribution in [0.2, 0.25) is 5.02 Å². The van der Waals surface area contributed by atoms with Crippen molar-refractivity contribution in [3.63, 3.8) is 0 Å². The fraction of sp³-hybridized carbons (Fsp3) is 0.643. The number of carbonyl (C=O) groups excluding carboxylic acids is 4. The molecule has 230 valence electrons. The Morgan fingerprint density at radius 2 is 1.71 bits per heavy atom. The molecule has 12 nitrogen and oxygen atoms in total. The number of ether oxygens (including phenoxy) is 3. The highest BCUT2D eigenvalue weighted by atomic mass is 35.5. The maximum atomic E-state index is 13.5. The number of benzene rings is 1. The van der Waals surface area contributed by atoms with Gasteiger partial charge in [0.25, 0.3) is 0 Å². The van der Waals surface area contributed by atoms with E-state index in [2.05, 4.69) is 20.1 Å². The summed E-state index contributed by atoms with van der Waals surface area (Å²) in [7, 11) is 0. The summed E-state index contributed by atoms with van der Waals surface area (Å²) >= 11 is 6.02. The van der Waals surface area contributed by atoms with Crippen molar-refractivity contribution in [3.05, 3.63) is 34.9 Å². The highest BCUT2D eigenvalue weighted by Crippen LogP contribution is 2.46. The number of amides is 3. The molecule has 3 amide bonds. The second-order valence-electron chi connectivity index (χ2n) is 11.8. The summed E-state index contributed by atoms with van der Waals surface area (Å²) in [5, 5.41) is 26.6. The van der Waals surface area contributed by atoms with Gasteiger partial charge in [0, 0.05) is 23.5 Å². The lowest BCUT2D eigenvalue weighted by molar-refractivity contribution is -0.163. The Morgan fingerprint density at radius 1 is 1.10 bits per heavy atom. The van der Waals surface area contributed by atoms with E-state index in [-0.39, 0.29) is 24.9 Å². The number of likely N-dealkylation sites (tertiary alicyclic amines) is 1. The van der Waals surface area contributed by atoms with Gasteiger partial charge in [-0.1, -0.05) is 51.4 Å². The normalized spacial score (nSPS) is 20.0. The number of piperidine rings is 1. The second kappa shape index (κ2) is 13.7. The molecule has 1 fully saturated rings. The summed E-state index contributed by atoms with van der Waals surface area (Å²) < 4.78 is 14.3. The number of nitrogens with one attached hydrogen (secondary N) is 2. The van der Waals surface area contributed by atoms with Crippen molar-refractivity contribution in [2.75, 3.05) is 26.4 Å². The first-order valence-corrected chi connectivity index (χ1v) is 13.8. The van der Waals surface area contributed by atoms with E-state index in [4.69, 9.17) is 21.4 Å². The fourth-order valence-corrected chi connectivity index (χ4v) is 4.64. The molecule has 1 heterocycles.